The highest BCUT2D eigenvalue weighted by Crippen LogP contribution is 2.10. The van der Waals surface area contributed by atoms with Gasteiger partial charge in [-0.25, -0.2) is 4.79 Å². The standard InChI is InChI=1S/C16H23NO3/c1-4-5-6-14(16(19)20)17-15(18)10-13-8-7-11(2)12(3)9-13/h7-9,14H,4-6,10H2,1-3H3,(H,17,18)(H,19,20). The van der Waals surface area contributed by atoms with Crippen molar-refractivity contribution in [1.29, 1.82) is 0 Å². The smallest absolute Gasteiger partial charge is 0.326 e. The van der Waals surface area contributed by atoms with Crippen molar-refractivity contribution >= 4 is 11.9 Å². The SMILES string of the molecule is CCCCC(NC(=O)Cc1ccc(C)c(C)c1)C(=O)O. The summed E-state index contributed by atoms with van der Waals surface area (Å²) in [7, 11) is 0. The summed E-state index contributed by atoms with van der Waals surface area (Å²) in [5.41, 5.74) is 3.22. The first-order chi connectivity index (χ1) is 9.43. The van der Waals surface area contributed by atoms with E-state index in [9.17, 15) is 9.59 Å². The number of rotatable bonds is 7. The Labute approximate surface area is 120 Å². The molecule has 1 rings (SSSR count). The number of benzene rings is 1. The van der Waals surface area contributed by atoms with Crippen molar-refractivity contribution in [2.24, 2.45) is 0 Å². The van der Waals surface area contributed by atoms with Crippen LogP contribution >= 0.6 is 0 Å². The molecule has 0 bridgehead atoms. The predicted molar refractivity (Wildman–Crippen MR) is 78.7 cm³/mol. The molecule has 0 aliphatic rings. The van der Waals surface area contributed by atoms with Crippen LogP contribution in [0.4, 0.5) is 0 Å². The second kappa shape index (κ2) is 7.68. The Morgan fingerprint density at radius 2 is 1.95 bits per heavy atom. The molecule has 2 N–H and O–H groups in total. The van der Waals surface area contributed by atoms with E-state index in [0.29, 0.717) is 6.42 Å². The van der Waals surface area contributed by atoms with Crippen molar-refractivity contribution in [2.45, 2.75) is 52.5 Å². The van der Waals surface area contributed by atoms with E-state index < -0.39 is 12.0 Å². The summed E-state index contributed by atoms with van der Waals surface area (Å²) in [6.45, 7) is 6.01. The quantitative estimate of drug-likeness (QED) is 0.805. The van der Waals surface area contributed by atoms with Crippen LogP contribution < -0.4 is 5.32 Å². The molecule has 0 fully saturated rings. The number of carboxylic acids is 1. The molecule has 0 aliphatic heterocycles. The van der Waals surface area contributed by atoms with Gasteiger partial charge in [0.25, 0.3) is 0 Å². The Balaban J connectivity index is 2.60. The van der Waals surface area contributed by atoms with Crippen molar-refractivity contribution in [3.63, 3.8) is 0 Å². The molecule has 0 heterocycles. The lowest BCUT2D eigenvalue weighted by Crippen LogP contribution is -2.41. The average Bonchev–Trinajstić information content (AvgIpc) is 2.38. The number of aryl methyl sites for hydroxylation is 2. The molecule has 0 radical (unpaired) electrons. The van der Waals surface area contributed by atoms with Gasteiger partial charge in [0.05, 0.1) is 6.42 Å². The molecule has 4 heteroatoms. The Hall–Kier alpha value is -1.84. The van der Waals surface area contributed by atoms with Crippen LogP contribution in [0.2, 0.25) is 0 Å². The van der Waals surface area contributed by atoms with Crippen LogP contribution in [0, 0.1) is 13.8 Å². The molecule has 1 amide bonds. The minimum atomic E-state index is -0.966. The Kier molecular flexibility index (Phi) is 6.22. The number of hydrogen-bond donors (Lipinski definition) is 2. The summed E-state index contributed by atoms with van der Waals surface area (Å²) in [5, 5.41) is 11.7. The van der Waals surface area contributed by atoms with Gasteiger partial charge >= 0.3 is 5.97 Å². The molecule has 0 aliphatic carbocycles. The van der Waals surface area contributed by atoms with Crippen molar-refractivity contribution < 1.29 is 14.7 Å². The molecule has 1 aromatic carbocycles. The predicted octanol–water partition coefficient (Wildman–Crippen LogP) is 2.61. The highest BCUT2D eigenvalue weighted by molar-refractivity contribution is 5.84. The molecule has 20 heavy (non-hydrogen) atoms. The lowest BCUT2D eigenvalue weighted by molar-refractivity contribution is -0.142. The van der Waals surface area contributed by atoms with Crippen molar-refractivity contribution in [3.8, 4) is 0 Å². The van der Waals surface area contributed by atoms with Gasteiger partial charge in [-0.2, -0.15) is 0 Å². The summed E-state index contributed by atoms with van der Waals surface area (Å²) in [6.07, 6.45) is 2.40. The first-order valence-corrected chi connectivity index (χ1v) is 7.02. The molecule has 110 valence electrons. The molecule has 1 unspecified atom stereocenters. The van der Waals surface area contributed by atoms with Crippen LogP contribution in [-0.2, 0) is 16.0 Å². The van der Waals surface area contributed by atoms with E-state index in [-0.39, 0.29) is 12.3 Å². The zero-order chi connectivity index (χ0) is 15.1. The topological polar surface area (TPSA) is 66.4 Å². The van der Waals surface area contributed by atoms with Gasteiger partial charge in [0.2, 0.25) is 5.91 Å². The number of carbonyl (C=O) groups excluding carboxylic acids is 1. The molecular formula is C16H23NO3. The average molecular weight is 277 g/mol. The Morgan fingerprint density at radius 3 is 2.50 bits per heavy atom. The number of carbonyl (C=O) groups is 2. The van der Waals surface area contributed by atoms with E-state index in [1.54, 1.807) is 0 Å². The minimum absolute atomic E-state index is 0.219. The summed E-state index contributed by atoms with van der Waals surface area (Å²) in [5.74, 6) is -1.20. The van der Waals surface area contributed by atoms with E-state index >= 15 is 0 Å². The van der Waals surface area contributed by atoms with Crippen LogP contribution in [0.25, 0.3) is 0 Å². The summed E-state index contributed by atoms with van der Waals surface area (Å²) >= 11 is 0. The van der Waals surface area contributed by atoms with Gasteiger partial charge in [0.1, 0.15) is 6.04 Å². The summed E-state index contributed by atoms with van der Waals surface area (Å²) < 4.78 is 0. The largest absolute Gasteiger partial charge is 0.480 e. The van der Waals surface area contributed by atoms with Crippen LogP contribution in [0.1, 0.15) is 42.9 Å². The number of amides is 1. The van der Waals surface area contributed by atoms with Crippen molar-refractivity contribution in [2.75, 3.05) is 0 Å². The Morgan fingerprint density at radius 1 is 1.25 bits per heavy atom. The molecule has 0 spiro atoms. The van der Waals surface area contributed by atoms with E-state index in [1.807, 2.05) is 39.0 Å². The maximum Gasteiger partial charge on any atom is 0.326 e. The zero-order valence-electron chi connectivity index (χ0n) is 12.4. The fourth-order valence-electron chi connectivity index (χ4n) is 2.01. The maximum absolute atomic E-state index is 11.9. The number of aliphatic carboxylic acids is 1. The minimum Gasteiger partial charge on any atom is -0.480 e. The van der Waals surface area contributed by atoms with E-state index in [4.69, 9.17) is 5.11 Å². The van der Waals surface area contributed by atoms with Gasteiger partial charge in [0, 0.05) is 0 Å². The van der Waals surface area contributed by atoms with E-state index in [0.717, 1.165) is 24.0 Å². The fourth-order valence-corrected chi connectivity index (χ4v) is 2.01. The van der Waals surface area contributed by atoms with Gasteiger partial charge in [-0.3, -0.25) is 4.79 Å². The van der Waals surface area contributed by atoms with E-state index in [1.165, 1.54) is 5.56 Å². The molecule has 0 aromatic heterocycles. The highest BCUT2D eigenvalue weighted by Gasteiger charge is 2.19. The fraction of sp³-hybridized carbons (Fsp3) is 0.500. The van der Waals surface area contributed by atoms with Crippen LogP contribution in [0.3, 0.4) is 0 Å². The first kappa shape index (κ1) is 16.2. The lowest BCUT2D eigenvalue weighted by atomic mass is 10.0. The molecule has 0 saturated carbocycles. The van der Waals surface area contributed by atoms with Gasteiger partial charge in [-0.05, 0) is 37.0 Å². The number of carboxylic acid groups (broad SMARTS) is 1. The lowest BCUT2D eigenvalue weighted by Gasteiger charge is -2.14. The summed E-state index contributed by atoms with van der Waals surface area (Å²) in [6, 6.07) is 5.07. The third-order valence-electron chi connectivity index (χ3n) is 3.42. The van der Waals surface area contributed by atoms with Crippen LogP contribution in [0.5, 0.6) is 0 Å². The van der Waals surface area contributed by atoms with Crippen LogP contribution in [0.15, 0.2) is 18.2 Å². The van der Waals surface area contributed by atoms with Gasteiger partial charge in [0.15, 0.2) is 0 Å². The van der Waals surface area contributed by atoms with Gasteiger partial charge in [-0.15, -0.1) is 0 Å². The van der Waals surface area contributed by atoms with Gasteiger partial charge < -0.3 is 10.4 Å². The monoisotopic (exact) mass is 277 g/mol. The highest BCUT2D eigenvalue weighted by atomic mass is 16.4. The Bertz CT molecular complexity index is 483. The number of nitrogens with one attached hydrogen (secondary N) is 1. The zero-order valence-corrected chi connectivity index (χ0v) is 12.4. The first-order valence-electron chi connectivity index (χ1n) is 7.02. The third kappa shape index (κ3) is 5.03. The number of unbranched alkanes of at least 4 members (excludes halogenated alkanes) is 1. The molecule has 1 atom stereocenters. The molecule has 4 nitrogen and oxygen atoms in total. The summed E-state index contributed by atoms with van der Waals surface area (Å²) in [4.78, 5) is 23.0. The molecule has 1 aromatic rings. The molecule has 0 saturated heterocycles. The normalized spacial score (nSPS) is 11.9. The second-order valence-electron chi connectivity index (χ2n) is 5.20. The second-order valence-corrected chi connectivity index (χ2v) is 5.20. The maximum atomic E-state index is 11.9. The number of hydrogen-bond acceptors (Lipinski definition) is 2. The third-order valence-corrected chi connectivity index (χ3v) is 3.42. The van der Waals surface area contributed by atoms with Crippen LogP contribution in [-0.4, -0.2) is 23.0 Å². The van der Waals surface area contributed by atoms with E-state index in [2.05, 4.69) is 5.32 Å². The van der Waals surface area contributed by atoms with Crippen molar-refractivity contribution in [1.82, 2.24) is 5.32 Å². The molecular weight excluding hydrogens is 254 g/mol. The van der Waals surface area contributed by atoms with Crippen molar-refractivity contribution in [3.05, 3.63) is 34.9 Å². The van der Waals surface area contributed by atoms with Gasteiger partial charge in [-0.1, -0.05) is 38.0 Å².